The van der Waals surface area contributed by atoms with Crippen molar-refractivity contribution in [2.75, 3.05) is 13.2 Å². The number of fused-ring (bicyclic) bond motifs is 1. The van der Waals surface area contributed by atoms with E-state index in [1.165, 1.54) is 6.07 Å². The van der Waals surface area contributed by atoms with Gasteiger partial charge < -0.3 is 9.47 Å². The normalized spacial score (nSPS) is 13.8. The first-order valence-corrected chi connectivity index (χ1v) is 4.10. The Morgan fingerprint density at radius 2 is 2.21 bits per heavy atom. The molecule has 0 fully saturated rings. The Bertz CT molecular complexity index is 391. The Morgan fingerprint density at radius 3 is 2.93 bits per heavy atom. The third kappa shape index (κ3) is 1.34. The molecule has 1 aliphatic rings. The molecule has 0 aromatic carbocycles. The van der Waals surface area contributed by atoms with E-state index in [0.29, 0.717) is 30.5 Å². The molecule has 0 bridgehead atoms. The Balaban J connectivity index is 2.50. The van der Waals surface area contributed by atoms with Gasteiger partial charge in [-0.2, -0.15) is 0 Å². The molecular weight excluding hydrogens is 188 g/mol. The maximum Gasteiger partial charge on any atom is 0.294 e. The maximum atomic E-state index is 10.6. The minimum absolute atomic E-state index is 0.0470. The van der Waals surface area contributed by atoms with Gasteiger partial charge in [-0.1, -0.05) is 0 Å². The Morgan fingerprint density at radius 1 is 1.50 bits per heavy atom. The summed E-state index contributed by atoms with van der Waals surface area (Å²) in [5.74, 6) is 0.674. The highest BCUT2D eigenvalue weighted by atomic mass is 16.6. The lowest BCUT2D eigenvalue weighted by atomic mass is 10.3. The third-order valence-corrected chi connectivity index (χ3v) is 1.89. The molecule has 0 saturated heterocycles. The van der Waals surface area contributed by atoms with E-state index >= 15 is 0 Å². The van der Waals surface area contributed by atoms with Gasteiger partial charge in [-0.15, -0.1) is 0 Å². The molecule has 1 aromatic heterocycles. The molecule has 1 aliphatic heterocycles. The molecule has 6 nitrogen and oxygen atoms in total. The van der Waals surface area contributed by atoms with E-state index in [4.69, 9.17) is 9.47 Å². The second-order valence-corrected chi connectivity index (χ2v) is 2.85. The van der Waals surface area contributed by atoms with Crippen LogP contribution in [0.2, 0.25) is 0 Å². The first-order valence-electron chi connectivity index (χ1n) is 4.10. The number of aromatic nitrogens is 1. The van der Waals surface area contributed by atoms with Gasteiger partial charge in [0.15, 0.2) is 5.75 Å². The molecule has 0 aliphatic carbocycles. The van der Waals surface area contributed by atoms with Crippen molar-refractivity contribution in [1.82, 2.24) is 4.98 Å². The first kappa shape index (κ1) is 8.74. The smallest absolute Gasteiger partial charge is 0.294 e. The van der Waals surface area contributed by atoms with Crippen molar-refractivity contribution in [3.63, 3.8) is 0 Å². The van der Waals surface area contributed by atoms with Crippen molar-refractivity contribution >= 4 is 5.69 Å². The molecule has 0 amide bonds. The van der Waals surface area contributed by atoms with Crippen LogP contribution < -0.4 is 9.47 Å². The number of hydrogen-bond acceptors (Lipinski definition) is 5. The molecule has 1 aromatic rings. The fourth-order valence-electron chi connectivity index (χ4n) is 1.24. The zero-order valence-electron chi connectivity index (χ0n) is 7.52. The van der Waals surface area contributed by atoms with Crippen LogP contribution >= 0.6 is 0 Å². The quantitative estimate of drug-likeness (QED) is 0.496. The summed E-state index contributed by atoms with van der Waals surface area (Å²) in [6.45, 7) is 2.39. The summed E-state index contributed by atoms with van der Waals surface area (Å²) in [6, 6.07) is 1.34. The summed E-state index contributed by atoms with van der Waals surface area (Å²) in [4.78, 5) is 14.0. The van der Waals surface area contributed by atoms with Crippen LogP contribution in [0, 0.1) is 17.0 Å². The number of ether oxygens (including phenoxy) is 2. The summed E-state index contributed by atoms with van der Waals surface area (Å²) in [6.07, 6.45) is 0. The van der Waals surface area contributed by atoms with E-state index in [1.54, 1.807) is 6.92 Å². The lowest BCUT2D eigenvalue weighted by Crippen LogP contribution is -2.17. The zero-order valence-corrected chi connectivity index (χ0v) is 7.52. The summed E-state index contributed by atoms with van der Waals surface area (Å²) < 4.78 is 10.4. The largest absolute Gasteiger partial charge is 0.484 e. The average molecular weight is 196 g/mol. The fourth-order valence-corrected chi connectivity index (χ4v) is 1.24. The minimum atomic E-state index is -0.486. The van der Waals surface area contributed by atoms with E-state index in [2.05, 4.69) is 4.98 Å². The van der Waals surface area contributed by atoms with Crippen LogP contribution in [0.3, 0.4) is 0 Å². The van der Waals surface area contributed by atoms with Crippen molar-refractivity contribution in [2.45, 2.75) is 6.92 Å². The van der Waals surface area contributed by atoms with Crippen LogP contribution in [-0.2, 0) is 0 Å². The third-order valence-electron chi connectivity index (χ3n) is 1.89. The van der Waals surface area contributed by atoms with Crippen molar-refractivity contribution < 1.29 is 14.4 Å². The molecule has 2 heterocycles. The number of hydrogen-bond donors (Lipinski definition) is 0. The second kappa shape index (κ2) is 3.13. The van der Waals surface area contributed by atoms with Gasteiger partial charge in [-0.25, -0.2) is 4.98 Å². The van der Waals surface area contributed by atoms with E-state index in [1.807, 2.05) is 0 Å². The van der Waals surface area contributed by atoms with Crippen LogP contribution in [0.15, 0.2) is 6.07 Å². The van der Waals surface area contributed by atoms with E-state index in [0.717, 1.165) is 0 Å². The standard InChI is InChI=1S/C8H8N2O4/c1-5-6(10(11)12)4-7-8(9-5)14-3-2-13-7/h4H,2-3H2,1H3. The second-order valence-electron chi connectivity index (χ2n) is 2.85. The van der Waals surface area contributed by atoms with Gasteiger partial charge in [0.05, 0.1) is 11.0 Å². The Labute approximate surface area is 79.6 Å². The molecule has 0 spiro atoms. The van der Waals surface area contributed by atoms with E-state index in [9.17, 15) is 10.1 Å². The Hall–Kier alpha value is -1.85. The predicted octanol–water partition coefficient (Wildman–Crippen LogP) is 1.07. The van der Waals surface area contributed by atoms with Crippen molar-refractivity contribution in [3.05, 3.63) is 21.9 Å². The van der Waals surface area contributed by atoms with Gasteiger partial charge in [-0.05, 0) is 6.92 Å². The number of nitrogens with zero attached hydrogens (tertiary/aromatic N) is 2. The number of nitro groups is 1. The zero-order chi connectivity index (χ0) is 10.1. The van der Waals surface area contributed by atoms with Gasteiger partial charge in [0.2, 0.25) is 0 Å². The predicted molar refractivity (Wildman–Crippen MR) is 46.6 cm³/mol. The maximum absolute atomic E-state index is 10.6. The summed E-state index contributed by atoms with van der Waals surface area (Å²) >= 11 is 0. The molecule has 0 unspecified atom stereocenters. The molecule has 0 saturated carbocycles. The molecule has 74 valence electrons. The van der Waals surface area contributed by atoms with Gasteiger partial charge in [0, 0.05) is 0 Å². The van der Waals surface area contributed by atoms with Crippen molar-refractivity contribution in [3.8, 4) is 11.6 Å². The van der Waals surface area contributed by atoms with Crippen LogP contribution in [0.1, 0.15) is 5.69 Å². The van der Waals surface area contributed by atoms with Gasteiger partial charge in [-0.3, -0.25) is 10.1 Å². The summed E-state index contributed by atoms with van der Waals surface area (Å²) in [7, 11) is 0. The van der Waals surface area contributed by atoms with Crippen LogP contribution in [0.5, 0.6) is 11.6 Å². The molecule has 14 heavy (non-hydrogen) atoms. The molecular formula is C8H8N2O4. The minimum Gasteiger partial charge on any atom is -0.484 e. The van der Waals surface area contributed by atoms with E-state index < -0.39 is 4.92 Å². The molecule has 0 radical (unpaired) electrons. The molecule has 0 N–H and O–H groups in total. The number of pyridine rings is 1. The monoisotopic (exact) mass is 196 g/mol. The van der Waals surface area contributed by atoms with Crippen LogP contribution in [0.4, 0.5) is 5.69 Å². The first-order chi connectivity index (χ1) is 6.68. The van der Waals surface area contributed by atoms with Crippen molar-refractivity contribution in [1.29, 1.82) is 0 Å². The topological polar surface area (TPSA) is 74.5 Å². The lowest BCUT2D eigenvalue weighted by Gasteiger charge is -2.16. The SMILES string of the molecule is Cc1nc2c(cc1[N+](=O)[O-])OCCO2. The summed E-state index contributed by atoms with van der Waals surface area (Å²) in [5, 5.41) is 10.6. The van der Waals surface area contributed by atoms with Gasteiger partial charge in [0.25, 0.3) is 11.6 Å². The van der Waals surface area contributed by atoms with Crippen molar-refractivity contribution in [2.24, 2.45) is 0 Å². The number of rotatable bonds is 1. The fraction of sp³-hybridized carbons (Fsp3) is 0.375. The highest BCUT2D eigenvalue weighted by Gasteiger charge is 2.21. The average Bonchev–Trinajstić information content (AvgIpc) is 2.16. The summed E-state index contributed by atoms with van der Waals surface area (Å²) in [5.41, 5.74) is 0.286. The molecule has 6 heteroatoms. The van der Waals surface area contributed by atoms with Gasteiger partial charge in [0.1, 0.15) is 18.9 Å². The highest BCUT2D eigenvalue weighted by molar-refractivity contribution is 5.47. The van der Waals surface area contributed by atoms with E-state index in [-0.39, 0.29) is 5.69 Å². The number of aryl methyl sites for hydroxylation is 1. The van der Waals surface area contributed by atoms with Crippen LogP contribution in [0.25, 0.3) is 0 Å². The molecule has 0 atom stereocenters. The lowest BCUT2D eigenvalue weighted by molar-refractivity contribution is -0.385. The highest BCUT2D eigenvalue weighted by Crippen LogP contribution is 2.32. The van der Waals surface area contributed by atoms with Gasteiger partial charge >= 0.3 is 0 Å². The van der Waals surface area contributed by atoms with Crippen LogP contribution in [-0.4, -0.2) is 23.1 Å². The Kier molecular flexibility index (Phi) is 1.95. The molecule has 2 rings (SSSR count).